The van der Waals surface area contributed by atoms with E-state index < -0.39 is 6.55 Å². The number of urea groups is 1. The van der Waals surface area contributed by atoms with Crippen LogP contribution in [0.25, 0.3) is 0 Å². The Labute approximate surface area is 145 Å². The lowest BCUT2D eigenvalue weighted by atomic mass is 10.2. The molecule has 1 aromatic heterocycles. The van der Waals surface area contributed by atoms with Crippen LogP contribution in [0.5, 0.6) is 5.75 Å². The third kappa shape index (κ3) is 5.44. The van der Waals surface area contributed by atoms with Crippen molar-refractivity contribution in [1.82, 2.24) is 19.8 Å². The van der Waals surface area contributed by atoms with E-state index in [1.165, 1.54) is 24.3 Å². The number of rotatable bonds is 7. The van der Waals surface area contributed by atoms with Crippen molar-refractivity contribution in [3.05, 3.63) is 48.0 Å². The molecule has 2 aromatic rings. The second kappa shape index (κ2) is 8.46. The van der Waals surface area contributed by atoms with Crippen molar-refractivity contribution in [2.75, 3.05) is 7.05 Å². The van der Waals surface area contributed by atoms with Crippen LogP contribution in [0.2, 0.25) is 0 Å². The van der Waals surface area contributed by atoms with E-state index in [0.717, 1.165) is 15.9 Å². The normalized spacial score (nSPS) is 11.0. The molecule has 8 heteroatoms. The molecule has 0 aliphatic rings. The number of aromatic nitrogens is 2. The van der Waals surface area contributed by atoms with Gasteiger partial charge in [0.25, 0.3) is 0 Å². The van der Waals surface area contributed by atoms with Crippen LogP contribution >= 0.6 is 0 Å². The van der Waals surface area contributed by atoms with E-state index >= 15 is 0 Å². The molecule has 0 atom stereocenters. The highest BCUT2D eigenvalue weighted by atomic mass is 19.3. The Balaban J connectivity index is 1.86. The lowest BCUT2D eigenvalue weighted by Crippen LogP contribution is -2.37. The van der Waals surface area contributed by atoms with E-state index in [1.807, 2.05) is 38.1 Å². The zero-order valence-electron chi connectivity index (χ0n) is 14.4. The van der Waals surface area contributed by atoms with E-state index in [9.17, 15) is 13.6 Å². The predicted molar refractivity (Wildman–Crippen MR) is 89.4 cm³/mol. The number of halogens is 2. The fourth-order valence-electron chi connectivity index (χ4n) is 2.20. The predicted octanol–water partition coefficient (Wildman–Crippen LogP) is 3.41. The van der Waals surface area contributed by atoms with Crippen molar-refractivity contribution >= 4 is 6.03 Å². The van der Waals surface area contributed by atoms with Gasteiger partial charge in [-0.15, -0.1) is 0 Å². The van der Waals surface area contributed by atoms with Crippen LogP contribution in [0.4, 0.5) is 13.6 Å². The van der Waals surface area contributed by atoms with Gasteiger partial charge in [0, 0.05) is 26.0 Å². The molecule has 6 nitrogen and oxygen atoms in total. The smallest absolute Gasteiger partial charge is 0.319 e. The second-order valence-electron chi connectivity index (χ2n) is 5.85. The molecule has 1 heterocycles. The maximum Gasteiger partial charge on any atom is 0.319 e. The molecular formula is C17H22F2N4O2. The highest BCUT2D eigenvalue weighted by Crippen LogP contribution is 2.15. The monoisotopic (exact) mass is 352 g/mol. The van der Waals surface area contributed by atoms with Gasteiger partial charge in [0.1, 0.15) is 11.6 Å². The first kappa shape index (κ1) is 18.7. The summed E-state index contributed by atoms with van der Waals surface area (Å²) in [6, 6.07) is 7.03. The summed E-state index contributed by atoms with van der Waals surface area (Å²) in [5.41, 5.74) is 0.909. The fourth-order valence-corrected chi connectivity index (χ4v) is 2.20. The van der Waals surface area contributed by atoms with Crippen LogP contribution in [0.15, 0.2) is 36.7 Å². The van der Waals surface area contributed by atoms with Crippen LogP contribution < -0.4 is 10.1 Å². The lowest BCUT2D eigenvalue weighted by molar-refractivity contribution is 0.0651. The summed E-state index contributed by atoms with van der Waals surface area (Å²) < 4.78 is 31.9. The third-order valence-corrected chi connectivity index (χ3v) is 3.42. The molecule has 1 N–H and O–H groups in total. The molecule has 0 spiro atoms. The van der Waals surface area contributed by atoms with E-state index in [-0.39, 0.29) is 24.5 Å². The van der Waals surface area contributed by atoms with Gasteiger partial charge in [0.05, 0.1) is 12.6 Å². The van der Waals surface area contributed by atoms with Gasteiger partial charge in [-0.3, -0.25) is 4.57 Å². The van der Waals surface area contributed by atoms with Gasteiger partial charge in [0.15, 0.2) is 0 Å². The molecule has 0 bridgehead atoms. The number of carbonyl (C=O) groups excluding carboxylic acids is 1. The van der Waals surface area contributed by atoms with Gasteiger partial charge < -0.3 is 15.0 Å². The van der Waals surface area contributed by atoms with Crippen LogP contribution in [-0.2, 0) is 13.1 Å². The maximum absolute atomic E-state index is 12.8. The molecule has 2 amide bonds. The number of amides is 2. The summed E-state index contributed by atoms with van der Waals surface area (Å²) in [5, 5.41) is 2.74. The first-order chi connectivity index (χ1) is 11.9. The SMILES string of the molecule is CC(C)Oc1ccc(CNC(=O)N(C)Cc2nccn2C(F)F)cc1. The average molecular weight is 352 g/mol. The van der Waals surface area contributed by atoms with Crippen molar-refractivity contribution in [1.29, 1.82) is 0 Å². The number of nitrogens with zero attached hydrogens (tertiary/aromatic N) is 3. The Morgan fingerprint density at radius 2 is 2.00 bits per heavy atom. The minimum absolute atomic E-state index is 0.00958. The van der Waals surface area contributed by atoms with Crippen molar-refractivity contribution in [3.8, 4) is 5.75 Å². The summed E-state index contributed by atoms with van der Waals surface area (Å²) in [5.74, 6) is 0.892. The fraction of sp³-hybridized carbons (Fsp3) is 0.412. The topological polar surface area (TPSA) is 59.4 Å². The van der Waals surface area contributed by atoms with Crippen LogP contribution in [-0.4, -0.2) is 33.6 Å². The van der Waals surface area contributed by atoms with E-state index in [2.05, 4.69) is 10.3 Å². The number of hydrogen-bond donors (Lipinski definition) is 1. The van der Waals surface area contributed by atoms with Gasteiger partial charge in [-0.05, 0) is 31.5 Å². The van der Waals surface area contributed by atoms with Gasteiger partial charge in [-0.25, -0.2) is 9.78 Å². The molecule has 2 rings (SSSR count). The largest absolute Gasteiger partial charge is 0.491 e. The zero-order chi connectivity index (χ0) is 18.4. The van der Waals surface area contributed by atoms with Crippen LogP contribution in [0.1, 0.15) is 31.8 Å². The number of benzene rings is 1. The number of nitrogens with one attached hydrogen (secondary N) is 1. The van der Waals surface area contributed by atoms with Gasteiger partial charge >= 0.3 is 12.6 Å². The first-order valence-corrected chi connectivity index (χ1v) is 7.91. The first-order valence-electron chi connectivity index (χ1n) is 7.91. The number of carbonyl (C=O) groups is 1. The number of imidazole rings is 1. The number of ether oxygens (including phenoxy) is 1. The van der Waals surface area contributed by atoms with E-state index in [4.69, 9.17) is 4.74 Å². The highest BCUT2D eigenvalue weighted by Gasteiger charge is 2.16. The zero-order valence-corrected chi connectivity index (χ0v) is 14.4. The standard InChI is InChI=1S/C17H22F2N4O2/c1-12(2)25-14-6-4-13(5-7-14)10-21-17(24)22(3)11-15-20-8-9-23(15)16(18)19/h4-9,12,16H,10-11H2,1-3H3,(H,21,24). The molecule has 0 saturated heterocycles. The van der Waals surface area contributed by atoms with Crippen molar-refractivity contribution < 1.29 is 18.3 Å². The Morgan fingerprint density at radius 3 is 2.60 bits per heavy atom. The van der Waals surface area contributed by atoms with Crippen molar-refractivity contribution in [2.24, 2.45) is 0 Å². The quantitative estimate of drug-likeness (QED) is 0.831. The maximum atomic E-state index is 12.8. The molecular weight excluding hydrogens is 330 g/mol. The summed E-state index contributed by atoms with van der Waals surface area (Å²) in [6.07, 6.45) is 2.57. The molecule has 0 fully saturated rings. The Hall–Kier alpha value is -2.64. The Morgan fingerprint density at radius 1 is 1.32 bits per heavy atom. The summed E-state index contributed by atoms with van der Waals surface area (Å²) in [7, 11) is 1.53. The van der Waals surface area contributed by atoms with E-state index in [0.29, 0.717) is 6.54 Å². The minimum Gasteiger partial charge on any atom is -0.491 e. The van der Waals surface area contributed by atoms with Gasteiger partial charge in [-0.2, -0.15) is 8.78 Å². The molecule has 1 aromatic carbocycles. The van der Waals surface area contributed by atoms with Gasteiger partial charge in [0.2, 0.25) is 0 Å². The molecule has 0 radical (unpaired) electrons. The summed E-state index contributed by atoms with van der Waals surface area (Å²) in [6.45, 7) is 1.53. The lowest BCUT2D eigenvalue weighted by Gasteiger charge is -2.18. The van der Waals surface area contributed by atoms with Crippen LogP contribution in [0.3, 0.4) is 0 Å². The molecule has 0 aliphatic heterocycles. The summed E-state index contributed by atoms with van der Waals surface area (Å²) in [4.78, 5) is 17.3. The molecule has 136 valence electrons. The minimum atomic E-state index is -2.68. The van der Waals surface area contributed by atoms with Gasteiger partial charge in [-0.1, -0.05) is 12.1 Å². The molecule has 0 aliphatic carbocycles. The second-order valence-corrected chi connectivity index (χ2v) is 5.85. The number of alkyl halides is 2. The number of hydrogen-bond acceptors (Lipinski definition) is 3. The van der Waals surface area contributed by atoms with Crippen molar-refractivity contribution in [3.63, 3.8) is 0 Å². The average Bonchev–Trinajstić information content (AvgIpc) is 3.01. The Bertz CT molecular complexity index is 686. The third-order valence-electron chi connectivity index (χ3n) is 3.42. The molecule has 0 saturated carbocycles. The molecule has 25 heavy (non-hydrogen) atoms. The van der Waals surface area contributed by atoms with Crippen LogP contribution in [0, 0.1) is 0 Å². The summed E-state index contributed by atoms with van der Waals surface area (Å²) >= 11 is 0. The van der Waals surface area contributed by atoms with Crippen molar-refractivity contribution in [2.45, 2.75) is 39.6 Å². The molecule has 0 unspecified atom stereocenters. The highest BCUT2D eigenvalue weighted by molar-refractivity contribution is 5.73. The Kier molecular flexibility index (Phi) is 6.32. The van der Waals surface area contributed by atoms with E-state index in [1.54, 1.807) is 0 Å².